The first-order chi connectivity index (χ1) is 10.0. The highest BCUT2D eigenvalue weighted by atomic mass is 16.1. The van der Waals surface area contributed by atoms with Gasteiger partial charge in [0.2, 0.25) is 0 Å². The van der Waals surface area contributed by atoms with Crippen molar-refractivity contribution in [2.45, 2.75) is 26.2 Å². The first kappa shape index (κ1) is 13.6. The summed E-state index contributed by atoms with van der Waals surface area (Å²) in [7, 11) is 0. The maximum absolute atomic E-state index is 11.5. The van der Waals surface area contributed by atoms with E-state index in [2.05, 4.69) is 51.1 Å². The van der Waals surface area contributed by atoms with E-state index in [1.807, 2.05) is 28.8 Å². The van der Waals surface area contributed by atoms with Crippen LogP contribution in [-0.4, -0.2) is 10.7 Å². The van der Waals surface area contributed by atoms with Crippen LogP contribution in [0.15, 0.2) is 54.7 Å². The number of aromatic nitrogens is 1. The first-order valence-corrected chi connectivity index (χ1v) is 7.17. The number of aldehydes is 1. The molecule has 0 aliphatic heterocycles. The maximum Gasteiger partial charge on any atom is 0.167 e. The van der Waals surface area contributed by atoms with E-state index in [4.69, 9.17) is 0 Å². The van der Waals surface area contributed by atoms with Crippen molar-refractivity contribution in [3.05, 3.63) is 66.0 Å². The molecule has 2 heterocycles. The summed E-state index contributed by atoms with van der Waals surface area (Å²) in [5, 5.41) is 0. The molecule has 0 bridgehead atoms. The summed E-state index contributed by atoms with van der Waals surface area (Å²) < 4.78 is 1.93. The molecule has 0 saturated heterocycles. The third-order valence-electron chi connectivity index (χ3n) is 3.89. The molecule has 0 unspecified atom stereocenters. The molecule has 3 rings (SSSR count). The number of hydrogen-bond acceptors (Lipinski definition) is 1. The van der Waals surface area contributed by atoms with Crippen molar-refractivity contribution in [3.8, 4) is 11.1 Å². The Morgan fingerprint density at radius 2 is 1.71 bits per heavy atom. The van der Waals surface area contributed by atoms with Crippen LogP contribution in [0.1, 0.15) is 36.8 Å². The minimum absolute atomic E-state index is 0.136. The zero-order valence-corrected chi connectivity index (χ0v) is 12.6. The van der Waals surface area contributed by atoms with Crippen LogP contribution < -0.4 is 0 Å². The summed E-state index contributed by atoms with van der Waals surface area (Å²) in [6, 6.07) is 16.5. The second kappa shape index (κ2) is 4.88. The Hall–Kier alpha value is -2.35. The molecule has 0 amide bonds. The van der Waals surface area contributed by atoms with Gasteiger partial charge < -0.3 is 4.40 Å². The lowest BCUT2D eigenvalue weighted by Gasteiger charge is -2.19. The van der Waals surface area contributed by atoms with E-state index in [1.165, 1.54) is 5.56 Å². The molecule has 0 aliphatic carbocycles. The highest BCUT2D eigenvalue weighted by Crippen LogP contribution is 2.29. The van der Waals surface area contributed by atoms with Crippen molar-refractivity contribution in [1.82, 2.24) is 4.40 Å². The van der Waals surface area contributed by atoms with E-state index in [-0.39, 0.29) is 5.41 Å². The smallest absolute Gasteiger partial charge is 0.167 e. The molecule has 0 spiro atoms. The Bertz CT molecular complexity index is 789. The fourth-order valence-corrected chi connectivity index (χ4v) is 2.65. The Balaban J connectivity index is 2.14. The molecule has 21 heavy (non-hydrogen) atoms. The van der Waals surface area contributed by atoms with Crippen LogP contribution in [0.25, 0.3) is 16.6 Å². The molecule has 0 radical (unpaired) electrons. The maximum atomic E-state index is 11.5. The zero-order valence-electron chi connectivity index (χ0n) is 12.6. The van der Waals surface area contributed by atoms with Crippen molar-refractivity contribution < 1.29 is 4.79 Å². The lowest BCUT2D eigenvalue weighted by molar-refractivity contribution is 0.111. The molecule has 0 aliphatic rings. The number of nitrogens with zero attached hydrogens (tertiary/aromatic N) is 1. The normalized spacial score (nSPS) is 11.8. The number of pyridine rings is 1. The Morgan fingerprint density at radius 3 is 2.33 bits per heavy atom. The highest BCUT2D eigenvalue weighted by Gasteiger charge is 2.15. The molecule has 0 atom stereocenters. The fraction of sp³-hybridized carbons (Fsp3) is 0.211. The quantitative estimate of drug-likeness (QED) is 0.621. The van der Waals surface area contributed by atoms with Gasteiger partial charge in [-0.2, -0.15) is 0 Å². The van der Waals surface area contributed by atoms with Gasteiger partial charge >= 0.3 is 0 Å². The highest BCUT2D eigenvalue weighted by molar-refractivity contribution is 5.89. The predicted molar refractivity (Wildman–Crippen MR) is 86.9 cm³/mol. The summed E-state index contributed by atoms with van der Waals surface area (Å²) in [6.45, 7) is 6.60. The molecule has 2 aromatic heterocycles. The topological polar surface area (TPSA) is 21.5 Å². The molecule has 0 fully saturated rings. The number of benzene rings is 1. The van der Waals surface area contributed by atoms with E-state index in [1.54, 1.807) is 0 Å². The molecule has 0 N–H and O–H groups in total. The Labute approximate surface area is 125 Å². The summed E-state index contributed by atoms with van der Waals surface area (Å²) in [5.74, 6) is 0. The van der Waals surface area contributed by atoms with Crippen LogP contribution in [0.5, 0.6) is 0 Å². The molecule has 106 valence electrons. The predicted octanol–water partition coefficient (Wildman–Crippen LogP) is 4.72. The SMILES string of the molecule is CC(C)(C)c1ccc(-c2cc3ccccn3c2C=O)cc1. The van der Waals surface area contributed by atoms with Gasteiger partial charge in [0.1, 0.15) is 0 Å². The van der Waals surface area contributed by atoms with Gasteiger partial charge in [-0.3, -0.25) is 4.79 Å². The number of fused-ring (bicyclic) bond motifs is 1. The molecule has 1 aromatic carbocycles. The van der Waals surface area contributed by atoms with E-state index >= 15 is 0 Å². The van der Waals surface area contributed by atoms with Gasteiger partial charge in [-0.1, -0.05) is 51.1 Å². The lowest BCUT2D eigenvalue weighted by atomic mass is 9.86. The van der Waals surface area contributed by atoms with Gasteiger partial charge in [0.15, 0.2) is 6.29 Å². The second-order valence-corrected chi connectivity index (χ2v) is 6.38. The Morgan fingerprint density at radius 1 is 1.00 bits per heavy atom. The summed E-state index contributed by atoms with van der Waals surface area (Å²) >= 11 is 0. The number of carbonyl (C=O) groups excluding carboxylic acids is 1. The van der Waals surface area contributed by atoms with Crippen LogP contribution >= 0.6 is 0 Å². The Kier molecular flexibility index (Phi) is 3.17. The van der Waals surface area contributed by atoms with Crippen molar-refractivity contribution in [2.75, 3.05) is 0 Å². The van der Waals surface area contributed by atoms with Gasteiger partial charge in [-0.15, -0.1) is 0 Å². The van der Waals surface area contributed by atoms with Crippen LogP contribution in [0.4, 0.5) is 0 Å². The average molecular weight is 277 g/mol. The largest absolute Gasteiger partial charge is 0.314 e. The van der Waals surface area contributed by atoms with Gasteiger partial charge in [-0.05, 0) is 34.7 Å². The zero-order chi connectivity index (χ0) is 15.0. The van der Waals surface area contributed by atoms with Crippen LogP contribution in [-0.2, 0) is 5.41 Å². The van der Waals surface area contributed by atoms with Crippen molar-refractivity contribution in [3.63, 3.8) is 0 Å². The van der Waals surface area contributed by atoms with Crippen LogP contribution in [0.2, 0.25) is 0 Å². The van der Waals surface area contributed by atoms with E-state index in [9.17, 15) is 4.79 Å². The minimum atomic E-state index is 0.136. The number of hydrogen-bond donors (Lipinski definition) is 0. The molecule has 2 nitrogen and oxygen atoms in total. The minimum Gasteiger partial charge on any atom is -0.314 e. The molecular formula is C19H19NO. The number of carbonyl (C=O) groups is 1. The van der Waals surface area contributed by atoms with Crippen molar-refractivity contribution in [2.24, 2.45) is 0 Å². The van der Waals surface area contributed by atoms with Gasteiger partial charge in [0, 0.05) is 17.3 Å². The van der Waals surface area contributed by atoms with Crippen molar-refractivity contribution in [1.29, 1.82) is 0 Å². The van der Waals surface area contributed by atoms with E-state index in [0.717, 1.165) is 22.9 Å². The molecular weight excluding hydrogens is 258 g/mol. The van der Waals surface area contributed by atoms with Gasteiger partial charge in [-0.25, -0.2) is 0 Å². The van der Waals surface area contributed by atoms with E-state index in [0.29, 0.717) is 5.69 Å². The average Bonchev–Trinajstić information content (AvgIpc) is 2.85. The molecule has 2 heteroatoms. The van der Waals surface area contributed by atoms with Crippen molar-refractivity contribution >= 4 is 11.8 Å². The third-order valence-corrected chi connectivity index (χ3v) is 3.89. The number of rotatable bonds is 2. The van der Waals surface area contributed by atoms with Crippen LogP contribution in [0.3, 0.4) is 0 Å². The standard InChI is InChI=1S/C19H19NO/c1-19(2,3)15-9-7-14(8-10-15)17-12-16-6-4-5-11-20(16)18(17)13-21/h4-13H,1-3H3. The monoisotopic (exact) mass is 277 g/mol. The van der Waals surface area contributed by atoms with E-state index < -0.39 is 0 Å². The summed E-state index contributed by atoms with van der Waals surface area (Å²) in [6.07, 6.45) is 2.85. The second-order valence-electron chi connectivity index (χ2n) is 6.38. The first-order valence-electron chi connectivity index (χ1n) is 7.17. The van der Waals surface area contributed by atoms with Crippen LogP contribution in [0, 0.1) is 0 Å². The van der Waals surface area contributed by atoms with Gasteiger partial charge in [0.25, 0.3) is 0 Å². The lowest BCUT2D eigenvalue weighted by Crippen LogP contribution is -2.10. The van der Waals surface area contributed by atoms with Gasteiger partial charge in [0.05, 0.1) is 5.69 Å². The fourth-order valence-electron chi connectivity index (χ4n) is 2.65. The summed E-state index contributed by atoms with van der Waals surface area (Å²) in [4.78, 5) is 11.5. The summed E-state index contributed by atoms with van der Waals surface area (Å²) in [5.41, 5.74) is 5.23. The third kappa shape index (κ3) is 2.38. The molecule has 0 saturated carbocycles. The molecule has 3 aromatic rings.